The maximum Gasteiger partial charge on any atom is 0.308 e. The second kappa shape index (κ2) is 3.85. The molecule has 0 fully saturated rings. The summed E-state index contributed by atoms with van der Waals surface area (Å²) in [6.45, 7) is 0. The lowest BCUT2D eigenvalue weighted by Crippen LogP contribution is -2.05. The number of benzene rings is 1. The van der Waals surface area contributed by atoms with Crippen LogP contribution in [-0.2, 0) is 0 Å². The Morgan fingerprint density at radius 1 is 1.27 bits per heavy atom. The molecule has 1 aromatic rings. The van der Waals surface area contributed by atoms with Crippen LogP contribution in [-0.4, -0.2) is 10.2 Å². The highest BCUT2D eigenvalue weighted by atomic mass is 35.5. The van der Waals surface area contributed by atoms with Crippen molar-refractivity contribution in [1.82, 2.24) is 0 Å². The topological polar surface area (TPSA) is 60.2 Å². The predicted octanol–water partition coefficient (Wildman–Crippen LogP) is 2.39. The summed E-state index contributed by atoms with van der Waals surface area (Å²) in [5.41, 5.74) is -2.43. The van der Waals surface area contributed by atoms with E-state index in [0.717, 1.165) is 0 Å². The summed E-state index contributed by atoms with van der Waals surface area (Å²) in [5.74, 6) is -5.93. The van der Waals surface area contributed by atoms with Crippen molar-refractivity contribution in [2.45, 2.75) is 0 Å². The molecule has 0 unspecified atom stereocenters. The highest BCUT2D eigenvalue weighted by Crippen LogP contribution is 2.26. The monoisotopic (exact) mass is 239 g/mol. The van der Waals surface area contributed by atoms with Gasteiger partial charge in [-0.25, -0.2) is 8.78 Å². The Labute approximate surface area is 85.4 Å². The van der Waals surface area contributed by atoms with Crippen LogP contribution in [0.4, 0.5) is 18.9 Å². The molecule has 0 aromatic heterocycles. The minimum atomic E-state index is -2.10. The third-order valence-corrected chi connectivity index (χ3v) is 1.74. The molecule has 0 bridgehead atoms. The number of nitro groups is 1. The molecular formula is C7HClF3NO3. The molecule has 80 valence electrons. The van der Waals surface area contributed by atoms with E-state index in [1.165, 1.54) is 0 Å². The first kappa shape index (κ1) is 11.4. The van der Waals surface area contributed by atoms with Crippen molar-refractivity contribution in [2.24, 2.45) is 0 Å². The van der Waals surface area contributed by atoms with E-state index in [1.54, 1.807) is 0 Å². The average Bonchev–Trinajstić information content (AvgIpc) is 2.13. The van der Waals surface area contributed by atoms with E-state index in [2.05, 4.69) is 0 Å². The zero-order chi connectivity index (χ0) is 11.7. The van der Waals surface area contributed by atoms with Gasteiger partial charge in [-0.3, -0.25) is 14.9 Å². The number of nitro benzene ring substituents is 1. The normalized spacial score (nSPS) is 10.1. The fourth-order valence-corrected chi connectivity index (χ4v) is 1.00. The molecule has 0 aliphatic heterocycles. The highest BCUT2D eigenvalue weighted by molar-refractivity contribution is 6.67. The quantitative estimate of drug-likeness (QED) is 0.345. The zero-order valence-electron chi connectivity index (χ0n) is 6.76. The van der Waals surface area contributed by atoms with Gasteiger partial charge in [0.15, 0.2) is 5.82 Å². The van der Waals surface area contributed by atoms with Gasteiger partial charge in [-0.05, 0) is 11.6 Å². The summed E-state index contributed by atoms with van der Waals surface area (Å²) in [6, 6.07) is 0.239. The van der Waals surface area contributed by atoms with E-state index in [9.17, 15) is 28.1 Å². The van der Waals surface area contributed by atoms with Crippen LogP contribution in [0.2, 0.25) is 0 Å². The summed E-state index contributed by atoms with van der Waals surface area (Å²) in [7, 11) is 0. The smallest absolute Gasteiger partial charge is 0.275 e. The molecule has 0 amide bonds. The number of halogens is 4. The van der Waals surface area contributed by atoms with Crippen LogP contribution in [0.15, 0.2) is 6.07 Å². The molecular weight excluding hydrogens is 239 g/mol. The third kappa shape index (κ3) is 1.91. The maximum atomic E-state index is 12.8. The number of rotatable bonds is 2. The van der Waals surface area contributed by atoms with Crippen LogP contribution >= 0.6 is 11.6 Å². The van der Waals surface area contributed by atoms with Crippen molar-refractivity contribution in [3.8, 4) is 0 Å². The molecule has 0 radical (unpaired) electrons. The second-order valence-corrected chi connectivity index (χ2v) is 2.76. The average molecular weight is 240 g/mol. The van der Waals surface area contributed by atoms with Gasteiger partial charge in [-0.15, -0.1) is 0 Å². The molecule has 1 rings (SSSR count). The fourth-order valence-electron chi connectivity index (χ4n) is 0.866. The lowest BCUT2D eigenvalue weighted by molar-refractivity contribution is -0.387. The van der Waals surface area contributed by atoms with Crippen molar-refractivity contribution in [3.05, 3.63) is 39.2 Å². The Bertz CT molecular complexity index is 425. The minimum absolute atomic E-state index is 0.239. The highest BCUT2D eigenvalue weighted by Gasteiger charge is 2.27. The van der Waals surface area contributed by atoms with Crippen molar-refractivity contribution < 1.29 is 22.9 Å². The number of hydrogen-bond acceptors (Lipinski definition) is 3. The third-order valence-electron chi connectivity index (χ3n) is 1.54. The van der Waals surface area contributed by atoms with Crippen LogP contribution in [0.5, 0.6) is 0 Å². The molecule has 0 aliphatic carbocycles. The molecule has 0 atom stereocenters. The van der Waals surface area contributed by atoms with Gasteiger partial charge in [0.1, 0.15) is 0 Å². The molecule has 1 aromatic carbocycles. The van der Waals surface area contributed by atoms with Gasteiger partial charge in [-0.2, -0.15) is 4.39 Å². The number of carbonyl (C=O) groups excluding carboxylic acids is 1. The van der Waals surface area contributed by atoms with E-state index < -0.39 is 38.9 Å². The van der Waals surface area contributed by atoms with Crippen molar-refractivity contribution in [1.29, 1.82) is 0 Å². The number of nitrogens with zero attached hydrogens (tertiary/aromatic N) is 1. The lowest BCUT2D eigenvalue weighted by Gasteiger charge is -2.00. The molecule has 0 saturated heterocycles. The van der Waals surface area contributed by atoms with Crippen LogP contribution in [0.25, 0.3) is 0 Å². The summed E-state index contributed by atoms with van der Waals surface area (Å²) in [4.78, 5) is 19.4. The Morgan fingerprint density at radius 3 is 2.20 bits per heavy atom. The largest absolute Gasteiger partial charge is 0.308 e. The zero-order valence-corrected chi connectivity index (χ0v) is 7.52. The molecule has 0 heterocycles. The molecule has 8 heteroatoms. The van der Waals surface area contributed by atoms with Gasteiger partial charge in [-0.1, -0.05) is 0 Å². The van der Waals surface area contributed by atoms with Crippen molar-refractivity contribution in [3.63, 3.8) is 0 Å². The van der Waals surface area contributed by atoms with Gasteiger partial charge in [0, 0.05) is 6.07 Å². The van der Waals surface area contributed by atoms with Gasteiger partial charge in [0.25, 0.3) is 5.24 Å². The van der Waals surface area contributed by atoms with E-state index in [1.807, 2.05) is 0 Å². The van der Waals surface area contributed by atoms with Crippen LogP contribution in [0, 0.1) is 27.6 Å². The summed E-state index contributed by atoms with van der Waals surface area (Å²) in [6.07, 6.45) is 0. The lowest BCUT2D eigenvalue weighted by atomic mass is 10.2. The van der Waals surface area contributed by atoms with Crippen LogP contribution < -0.4 is 0 Å². The van der Waals surface area contributed by atoms with E-state index in [0.29, 0.717) is 0 Å². The number of carbonyl (C=O) groups is 1. The molecule has 0 spiro atoms. The Kier molecular flexibility index (Phi) is 2.94. The summed E-state index contributed by atoms with van der Waals surface area (Å²) in [5, 5.41) is 8.73. The Morgan fingerprint density at radius 2 is 1.80 bits per heavy atom. The molecule has 0 N–H and O–H groups in total. The fraction of sp³-hybridized carbons (Fsp3) is 0. The summed E-state index contributed by atoms with van der Waals surface area (Å²) < 4.78 is 38.3. The Balaban J connectivity index is 3.59. The SMILES string of the molecule is O=C(Cl)c1cc([N+](=O)[O-])c(F)c(F)c1F. The van der Waals surface area contributed by atoms with Gasteiger partial charge in [0.2, 0.25) is 11.6 Å². The standard InChI is InChI=1S/C7HClF3NO3/c8-7(13)2-1-3(12(14)15)5(10)6(11)4(2)9/h1H. The predicted molar refractivity (Wildman–Crippen MR) is 43.2 cm³/mol. The van der Waals surface area contributed by atoms with E-state index in [-0.39, 0.29) is 6.07 Å². The first-order valence-electron chi connectivity index (χ1n) is 3.38. The van der Waals surface area contributed by atoms with Gasteiger partial charge >= 0.3 is 5.69 Å². The first-order chi connectivity index (χ1) is 6.86. The van der Waals surface area contributed by atoms with E-state index >= 15 is 0 Å². The minimum Gasteiger partial charge on any atom is -0.275 e. The molecule has 15 heavy (non-hydrogen) atoms. The van der Waals surface area contributed by atoms with E-state index in [4.69, 9.17) is 11.6 Å². The van der Waals surface area contributed by atoms with Gasteiger partial charge < -0.3 is 0 Å². The van der Waals surface area contributed by atoms with Crippen molar-refractivity contribution >= 4 is 22.5 Å². The molecule has 4 nitrogen and oxygen atoms in total. The van der Waals surface area contributed by atoms with Gasteiger partial charge in [0.05, 0.1) is 10.5 Å². The first-order valence-corrected chi connectivity index (χ1v) is 3.75. The summed E-state index contributed by atoms with van der Waals surface area (Å²) >= 11 is 4.82. The molecule has 0 aliphatic rings. The maximum absolute atomic E-state index is 12.8. The van der Waals surface area contributed by atoms with Crippen LogP contribution in [0.3, 0.4) is 0 Å². The van der Waals surface area contributed by atoms with Crippen molar-refractivity contribution in [2.75, 3.05) is 0 Å². The molecule has 0 saturated carbocycles. The Hall–Kier alpha value is -1.63. The van der Waals surface area contributed by atoms with Crippen LogP contribution in [0.1, 0.15) is 10.4 Å². The second-order valence-electron chi connectivity index (χ2n) is 2.42. The number of hydrogen-bond donors (Lipinski definition) is 0.